The average Bonchev–Trinajstić information content (AvgIpc) is 2.15. The zero-order valence-corrected chi connectivity index (χ0v) is 10.0. The lowest BCUT2D eigenvalue weighted by molar-refractivity contribution is 0.381. The Kier molecular flexibility index (Phi) is 4.98. The largest absolute Gasteiger partial charge is 0.487 e. The number of thioether (sulfide) groups is 1. The number of benzene rings is 1. The highest BCUT2D eigenvalue weighted by Gasteiger charge is 2.02. The Labute approximate surface area is 94.9 Å². The van der Waals surface area contributed by atoms with E-state index in [1.54, 1.807) is 11.8 Å². The molecule has 3 heteroatoms. The number of para-hydroxylation sites is 1. The monoisotopic (exact) mass is 226 g/mol. The van der Waals surface area contributed by atoms with Crippen molar-refractivity contribution in [2.24, 2.45) is 0 Å². The molecule has 0 unspecified atom stereocenters. The molecule has 14 heavy (non-hydrogen) atoms. The van der Waals surface area contributed by atoms with Gasteiger partial charge in [-0.25, -0.2) is 0 Å². The normalized spacial score (nSPS) is 10.2. The summed E-state index contributed by atoms with van der Waals surface area (Å²) in [5, 5.41) is 0.530. The quantitative estimate of drug-likeness (QED) is 0.727. The van der Waals surface area contributed by atoms with Crippen molar-refractivity contribution in [3.63, 3.8) is 0 Å². The molecule has 0 aromatic heterocycles. The third kappa shape index (κ3) is 4.63. The van der Waals surface area contributed by atoms with Crippen LogP contribution < -0.4 is 4.74 Å². The molecular weight excluding hydrogens is 212 g/mol. The van der Waals surface area contributed by atoms with Gasteiger partial charge in [0.25, 0.3) is 0 Å². The van der Waals surface area contributed by atoms with Crippen LogP contribution >= 0.6 is 24.0 Å². The molecule has 1 nitrogen and oxygen atoms in total. The van der Waals surface area contributed by atoms with E-state index in [4.69, 9.17) is 17.0 Å². The predicted octanol–water partition coefficient (Wildman–Crippen LogP) is 3.53. The van der Waals surface area contributed by atoms with Crippen molar-refractivity contribution in [2.45, 2.75) is 19.1 Å². The van der Waals surface area contributed by atoms with Crippen molar-refractivity contribution in [1.29, 1.82) is 0 Å². The number of rotatable bonds is 4. The van der Waals surface area contributed by atoms with E-state index < -0.39 is 0 Å². The summed E-state index contributed by atoms with van der Waals surface area (Å²) in [6.07, 6.45) is 0. The van der Waals surface area contributed by atoms with Gasteiger partial charge >= 0.3 is 0 Å². The fourth-order valence-electron chi connectivity index (χ4n) is 0.956. The van der Waals surface area contributed by atoms with Crippen molar-refractivity contribution in [3.8, 4) is 5.75 Å². The molecule has 0 saturated carbocycles. The molecule has 0 heterocycles. The van der Waals surface area contributed by atoms with Crippen LogP contribution in [0.4, 0.5) is 0 Å². The zero-order valence-electron chi connectivity index (χ0n) is 8.40. The SMILES string of the molecule is CC(C)SC(=S)COc1ccccc1. The molecule has 1 aromatic carbocycles. The predicted molar refractivity (Wildman–Crippen MR) is 67.3 cm³/mol. The second-order valence-corrected chi connectivity index (χ2v) is 5.56. The van der Waals surface area contributed by atoms with Gasteiger partial charge in [-0.1, -0.05) is 44.3 Å². The van der Waals surface area contributed by atoms with Gasteiger partial charge in [-0.3, -0.25) is 0 Å². The highest BCUT2D eigenvalue weighted by molar-refractivity contribution is 8.23. The molecule has 1 rings (SSSR count). The summed E-state index contributed by atoms with van der Waals surface area (Å²) >= 11 is 6.85. The Morgan fingerprint density at radius 2 is 2.00 bits per heavy atom. The van der Waals surface area contributed by atoms with Gasteiger partial charge in [0.15, 0.2) is 0 Å². The van der Waals surface area contributed by atoms with E-state index in [-0.39, 0.29) is 0 Å². The summed E-state index contributed by atoms with van der Waals surface area (Å²) in [7, 11) is 0. The first-order valence-electron chi connectivity index (χ1n) is 4.56. The summed E-state index contributed by atoms with van der Waals surface area (Å²) in [5.41, 5.74) is 0. The Balaban J connectivity index is 2.31. The first kappa shape index (κ1) is 11.5. The lowest BCUT2D eigenvalue weighted by Crippen LogP contribution is -2.07. The van der Waals surface area contributed by atoms with Crippen LogP contribution in [0.3, 0.4) is 0 Å². The first-order valence-corrected chi connectivity index (χ1v) is 5.84. The molecule has 0 fully saturated rings. The van der Waals surface area contributed by atoms with Crippen LogP contribution in [0.1, 0.15) is 13.8 Å². The van der Waals surface area contributed by atoms with Crippen LogP contribution in [0.2, 0.25) is 0 Å². The maximum absolute atomic E-state index is 5.51. The second-order valence-electron chi connectivity index (χ2n) is 3.14. The van der Waals surface area contributed by atoms with Gasteiger partial charge in [0.1, 0.15) is 12.4 Å². The van der Waals surface area contributed by atoms with E-state index in [9.17, 15) is 0 Å². The van der Waals surface area contributed by atoms with Crippen molar-refractivity contribution in [3.05, 3.63) is 30.3 Å². The molecule has 0 radical (unpaired) electrons. The molecule has 0 aliphatic rings. The fourth-order valence-corrected chi connectivity index (χ4v) is 2.24. The van der Waals surface area contributed by atoms with Gasteiger partial charge in [0.05, 0.1) is 4.20 Å². The van der Waals surface area contributed by atoms with Crippen molar-refractivity contribution < 1.29 is 4.74 Å². The van der Waals surface area contributed by atoms with Crippen LogP contribution in [0.15, 0.2) is 30.3 Å². The lowest BCUT2D eigenvalue weighted by Gasteiger charge is -2.08. The van der Waals surface area contributed by atoms with Crippen LogP contribution in [-0.4, -0.2) is 16.1 Å². The van der Waals surface area contributed by atoms with Crippen molar-refractivity contribution >= 4 is 28.2 Å². The summed E-state index contributed by atoms with van der Waals surface area (Å²) in [6.45, 7) is 4.77. The van der Waals surface area contributed by atoms with E-state index in [1.165, 1.54) is 0 Å². The molecule has 1 aromatic rings. The number of ether oxygens (including phenoxy) is 1. The minimum atomic E-state index is 0.516. The van der Waals surface area contributed by atoms with Gasteiger partial charge in [0.2, 0.25) is 0 Å². The van der Waals surface area contributed by atoms with Crippen LogP contribution in [0, 0.1) is 0 Å². The van der Waals surface area contributed by atoms with E-state index in [1.807, 2.05) is 30.3 Å². The van der Waals surface area contributed by atoms with Gasteiger partial charge in [-0.05, 0) is 12.1 Å². The zero-order chi connectivity index (χ0) is 10.4. The molecule has 76 valence electrons. The Hall–Kier alpha value is -0.540. The Morgan fingerprint density at radius 3 is 2.57 bits per heavy atom. The third-order valence-electron chi connectivity index (χ3n) is 1.47. The number of hydrogen-bond acceptors (Lipinski definition) is 3. The van der Waals surface area contributed by atoms with E-state index in [2.05, 4.69) is 13.8 Å². The smallest absolute Gasteiger partial charge is 0.129 e. The van der Waals surface area contributed by atoms with Gasteiger partial charge in [0, 0.05) is 5.25 Å². The van der Waals surface area contributed by atoms with Crippen LogP contribution in [0.25, 0.3) is 0 Å². The highest BCUT2D eigenvalue weighted by atomic mass is 32.2. The minimum Gasteiger partial charge on any atom is -0.487 e. The third-order valence-corrected chi connectivity index (χ3v) is 2.73. The number of thiocarbonyl (C=S) groups is 1. The molecule has 0 bridgehead atoms. The average molecular weight is 226 g/mol. The Bertz CT molecular complexity index is 283. The standard InChI is InChI=1S/C11H14OS2/c1-9(2)14-11(13)8-12-10-6-4-3-5-7-10/h3-7,9H,8H2,1-2H3. The molecule has 0 spiro atoms. The molecule has 0 aliphatic carbocycles. The highest BCUT2D eigenvalue weighted by Crippen LogP contribution is 2.14. The van der Waals surface area contributed by atoms with Gasteiger partial charge in [-0.15, -0.1) is 11.8 Å². The van der Waals surface area contributed by atoms with E-state index in [0.717, 1.165) is 9.95 Å². The van der Waals surface area contributed by atoms with E-state index in [0.29, 0.717) is 11.9 Å². The molecule has 0 N–H and O–H groups in total. The molecular formula is C11H14OS2. The van der Waals surface area contributed by atoms with Crippen molar-refractivity contribution in [1.82, 2.24) is 0 Å². The summed E-state index contributed by atoms with van der Waals surface area (Å²) in [6, 6.07) is 9.74. The van der Waals surface area contributed by atoms with Gasteiger partial charge in [-0.2, -0.15) is 0 Å². The minimum absolute atomic E-state index is 0.516. The summed E-state index contributed by atoms with van der Waals surface area (Å²) in [4.78, 5) is 0. The molecule has 0 atom stereocenters. The maximum Gasteiger partial charge on any atom is 0.129 e. The van der Waals surface area contributed by atoms with Crippen LogP contribution in [0.5, 0.6) is 5.75 Å². The second kappa shape index (κ2) is 6.04. The van der Waals surface area contributed by atoms with Crippen LogP contribution in [-0.2, 0) is 0 Å². The fraction of sp³-hybridized carbons (Fsp3) is 0.364. The first-order chi connectivity index (χ1) is 6.68. The van der Waals surface area contributed by atoms with E-state index >= 15 is 0 Å². The molecule has 0 saturated heterocycles. The van der Waals surface area contributed by atoms with Gasteiger partial charge < -0.3 is 4.74 Å². The number of hydrogen-bond donors (Lipinski definition) is 0. The summed E-state index contributed by atoms with van der Waals surface area (Å²) in [5.74, 6) is 0.874. The Morgan fingerprint density at radius 1 is 1.36 bits per heavy atom. The summed E-state index contributed by atoms with van der Waals surface area (Å²) < 4.78 is 6.41. The topological polar surface area (TPSA) is 9.23 Å². The molecule has 0 amide bonds. The maximum atomic E-state index is 5.51. The van der Waals surface area contributed by atoms with Crippen molar-refractivity contribution in [2.75, 3.05) is 6.61 Å². The molecule has 0 aliphatic heterocycles. The lowest BCUT2D eigenvalue weighted by atomic mass is 10.3.